The number of benzene rings is 1. The second-order valence-electron chi connectivity index (χ2n) is 4.74. The Labute approximate surface area is 106 Å². The summed E-state index contributed by atoms with van der Waals surface area (Å²) in [6.07, 6.45) is 0. The second kappa shape index (κ2) is 4.76. The van der Waals surface area contributed by atoms with Gasteiger partial charge in [0.25, 0.3) is 0 Å². The fourth-order valence-electron chi connectivity index (χ4n) is 2.27. The first kappa shape index (κ1) is 11.9. The third-order valence-corrected chi connectivity index (χ3v) is 4.08. The van der Waals surface area contributed by atoms with Crippen LogP contribution in [0.1, 0.15) is 13.8 Å². The van der Waals surface area contributed by atoms with Gasteiger partial charge in [-0.25, -0.2) is 0 Å². The van der Waals surface area contributed by atoms with Gasteiger partial charge in [-0.2, -0.15) is 0 Å². The van der Waals surface area contributed by atoms with Crippen LogP contribution in [0.4, 0.5) is 5.69 Å². The van der Waals surface area contributed by atoms with E-state index < -0.39 is 0 Å². The lowest BCUT2D eigenvalue weighted by Crippen LogP contribution is -2.55. The predicted octanol–water partition coefficient (Wildman–Crippen LogP) is 2.98. The van der Waals surface area contributed by atoms with Gasteiger partial charge in [0, 0.05) is 35.3 Å². The molecule has 0 bridgehead atoms. The lowest BCUT2D eigenvalue weighted by Gasteiger charge is -2.43. The van der Waals surface area contributed by atoms with Crippen molar-refractivity contribution in [3.05, 3.63) is 28.7 Å². The summed E-state index contributed by atoms with van der Waals surface area (Å²) < 4.78 is 1.14. The Morgan fingerprint density at radius 1 is 1.06 bits per heavy atom. The van der Waals surface area contributed by atoms with E-state index in [0.29, 0.717) is 12.1 Å². The van der Waals surface area contributed by atoms with Crippen LogP contribution in [0.15, 0.2) is 28.7 Å². The Kier molecular flexibility index (Phi) is 3.55. The van der Waals surface area contributed by atoms with Gasteiger partial charge in [0.2, 0.25) is 0 Å². The molecule has 1 aromatic rings. The van der Waals surface area contributed by atoms with E-state index in [-0.39, 0.29) is 0 Å². The van der Waals surface area contributed by atoms with Crippen molar-refractivity contribution in [1.29, 1.82) is 0 Å². The molecule has 1 fully saturated rings. The van der Waals surface area contributed by atoms with Crippen molar-refractivity contribution in [2.45, 2.75) is 25.9 Å². The Bertz CT molecular complexity index is 337. The average Bonchev–Trinajstić information content (AvgIpc) is 2.26. The highest BCUT2D eigenvalue weighted by atomic mass is 79.9. The Morgan fingerprint density at radius 2 is 1.56 bits per heavy atom. The van der Waals surface area contributed by atoms with Crippen molar-refractivity contribution in [3.8, 4) is 0 Å². The molecule has 0 spiro atoms. The Balaban J connectivity index is 2.13. The van der Waals surface area contributed by atoms with E-state index in [9.17, 15) is 0 Å². The zero-order valence-corrected chi connectivity index (χ0v) is 11.7. The highest BCUT2D eigenvalue weighted by Gasteiger charge is 2.26. The third-order valence-electron chi connectivity index (χ3n) is 3.55. The summed E-state index contributed by atoms with van der Waals surface area (Å²) in [6, 6.07) is 9.84. The topological polar surface area (TPSA) is 6.48 Å². The highest BCUT2D eigenvalue weighted by Crippen LogP contribution is 2.23. The molecule has 1 heterocycles. The number of halogens is 1. The van der Waals surface area contributed by atoms with Crippen LogP contribution in [-0.2, 0) is 0 Å². The van der Waals surface area contributed by atoms with Gasteiger partial charge in [-0.05, 0) is 45.2 Å². The molecule has 1 aliphatic heterocycles. The molecule has 0 amide bonds. The van der Waals surface area contributed by atoms with Crippen LogP contribution < -0.4 is 4.90 Å². The minimum atomic E-state index is 0.618. The third kappa shape index (κ3) is 2.41. The normalized spacial score (nSPS) is 27.1. The van der Waals surface area contributed by atoms with E-state index in [2.05, 4.69) is 70.9 Å². The molecule has 0 saturated carbocycles. The van der Waals surface area contributed by atoms with Crippen LogP contribution in [0.3, 0.4) is 0 Å². The average molecular weight is 283 g/mol. The number of nitrogens with zero attached hydrogens (tertiary/aromatic N) is 2. The number of hydrogen-bond donors (Lipinski definition) is 0. The molecule has 0 radical (unpaired) electrons. The minimum absolute atomic E-state index is 0.618. The van der Waals surface area contributed by atoms with Crippen LogP contribution >= 0.6 is 15.9 Å². The van der Waals surface area contributed by atoms with Crippen molar-refractivity contribution >= 4 is 21.6 Å². The van der Waals surface area contributed by atoms with Gasteiger partial charge in [0.1, 0.15) is 0 Å². The molecule has 2 rings (SSSR count). The van der Waals surface area contributed by atoms with Crippen molar-refractivity contribution < 1.29 is 0 Å². The highest BCUT2D eigenvalue weighted by molar-refractivity contribution is 9.10. The molecule has 1 aromatic carbocycles. The maximum atomic E-state index is 3.48. The molecule has 88 valence electrons. The van der Waals surface area contributed by atoms with Crippen molar-refractivity contribution in [3.63, 3.8) is 0 Å². The zero-order valence-electron chi connectivity index (χ0n) is 10.2. The van der Waals surface area contributed by atoms with Gasteiger partial charge in [-0.3, -0.25) is 4.90 Å². The fourth-order valence-corrected chi connectivity index (χ4v) is 2.53. The van der Waals surface area contributed by atoms with Gasteiger partial charge < -0.3 is 4.90 Å². The molecule has 0 aliphatic carbocycles. The summed E-state index contributed by atoms with van der Waals surface area (Å²) in [7, 11) is 2.22. The van der Waals surface area contributed by atoms with E-state index in [1.807, 2.05) is 0 Å². The van der Waals surface area contributed by atoms with Crippen LogP contribution in [0.5, 0.6) is 0 Å². The number of rotatable bonds is 1. The summed E-state index contributed by atoms with van der Waals surface area (Å²) in [5.74, 6) is 0. The van der Waals surface area contributed by atoms with Gasteiger partial charge >= 0.3 is 0 Å². The number of piperazine rings is 1. The van der Waals surface area contributed by atoms with Gasteiger partial charge in [-0.1, -0.05) is 15.9 Å². The summed E-state index contributed by atoms with van der Waals surface area (Å²) in [5, 5.41) is 0. The monoisotopic (exact) mass is 282 g/mol. The van der Waals surface area contributed by atoms with E-state index in [4.69, 9.17) is 0 Å². The molecule has 3 heteroatoms. The second-order valence-corrected chi connectivity index (χ2v) is 5.66. The van der Waals surface area contributed by atoms with Crippen molar-refractivity contribution in [2.75, 3.05) is 25.0 Å². The van der Waals surface area contributed by atoms with Gasteiger partial charge in [0.15, 0.2) is 0 Å². The minimum Gasteiger partial charge on any atom is -0.368 e. The van der Waals surface area contributed by atoms with E-state index in [1.165, 1.54) is 5.69 Å². The molecule has 2 nitrogen and oxygen atoms in total. The van der Waals surface area contributed by atoms with Gasteiger partial charge in [0.05, 0.1) is 0 Å². The predicted molar refractivity (Wildman–Crippen MR) is 73.0 cm³/mol. The number of likely N-dealkylation sites (N-methyl/N-ethyl adjacent to an activating group) is 1. The molecule has 0 unspecified atom stereocenters. The summed E-state index contributed by atoms with van der Waals surface area (Å²) >= 11 is 3.48. The van der Waals surface area contributed by atoms with E-state index in [1.54, 1.807) is 0 Å². The first-order valence-electron chi connectivity index (χ1n) is 5.80. The lowest BCUT2D eigenvalue weighted by atomic mass is 10.1. The van der Waals surface area contributed by atoms with E-state index >= 15 is 0 Å². The van der Waals surface area contributed by atoms with Crippen LogP contribution in [-0.4, -0.2) is 37.1 Å². The van der Waals surface area contributed by atoms with Crippen molar-refractivity contribution in [2.24, 2.45) is 0 Å². The molecule has 16 heavy (non-hydrogen) atoms. The Hall–Kier alpha value is -0.540. The molecule has 0 N–H and O–H groups in total. The molecule has 1 saturated heterocycles. The maximum Gasteiger partial charge on any atom is 0.0368 e. The first-order chi connectivity index (χ1) is 7.58. The van der Waals surface area contributed by atoms with E-state index in [0.717, 1.165) is 17.6 Å². The van der Waals surface area contributed by atoms with Crippen molar-refractivity contribution in [1.82, 2.24) is 4.90 Å². The smallest absolute Gasteiger partial charge is 0.0368 e. The molecular formula is C13H19BrN2. The van der Waals surface area contributed by atoms with Crippen LogP contribution in [0.25, 0.3) is 0 Å². The first-order valence-corrected chi connectivity index (χ1v) is 6.59. The summed E-state index contributed by atoms with van der Waals surface area (Å²) in [5.41, 5.74) is 1.33. The Morgan fingerprint density at radius 3 is 2.06 bits per heavy atom. The van der Waals surface area contributed by atoms with Crippen LogP contribution in [0.2, 0.25) is 0 Å². The zero-order chi connectivity index (χ0) is 11.7. The van der Waals surface area contributed by atoms with Crippen LogP contribution in [0, 0.1) is 0 Å². The quantitative estimate of drug-likeness (QED) is 0.782. The molecule has 0 aromatic heterocycles. The lowest BCUT2D eigenvalue weighted by molar-refractivity contribution is 0.170. The maximum absolute atomic E-state index is 3.48. The molecular weight excluding hydrogens is 264 g/mol. The standard InChI is InChI=1S/C13H19BrN2/c1-10-8-16(9-11(2)15(10)3)13-6-4-12(14)5-7-13/h4-7,10-11H,8-9H2,1-3H3/t10-,11+. The van der Waals surface area contributed by atoms with Gasteiger partial charge in [-0.15, -0.1) is 0 Å². The summed E-state index contributed by atoms with van der Waals surface area (Å²) in [4.78, 5) is 4.93. The fraction of sp³-hybridized carbons (Fsp3) is 0.538. The number of hydrogen-bond acceptors (Lipinski definition) is 2. The number of anilines is 1. The molecule has 1 aliphatic rings. The molecule has 2 atom stereocenters. The summed E-state index contributed by atoms with van der Waals surface area (Å²) in [6.45, 7) is 6.81. The SMILES string of the molecule is C[C@@H]1CN(c2ccc(Br)cc2)C[C@H](C)N1C. The largest absolute Gasteiger partial charge is 0.368 e.